The molecular formula is C20H20N6O. The Morgan fingerprint density at radius 1 is 1.07 bits per heavy atom. The third-order valence-electron chi connectivity index (χ3n) is 4.71. The molecule has 0 radical (unpaired) electrons. The van der Waals surface area contributed by atoms with E-state index in [0.29, 0.717) is 17.2 Å². The van der Waals surface area contributed by atoms with Crippen LogP contribution in [0.1, 0.15) is 27.4 Å². The molecule has 27 heavy (non-hydrogen) atoms. The summed E-state index contributed by atoms with van der Waals surface area (Å²) in [6, 6.07) is 13.7. The zero-order valence-electron chi connectivity index (χ0n) is 15.5. The number of fused-ring (bicyclic) bond motifs is 1. The fourth-order valence-corrected chi connectivity index (χ4v) is 2.95. The lowest BCUT2D eigenvalue weighted by Crippen LogP contribution is -2.26. The second-order valence-electron chi connectivity index (χ2n) is 6.59. The van der Waals surface area contributed by atoms with Crippen LogP contribution in [0.2, 0.25) is 0 Å². The van der Waals surface area contributed by atoms with Crippen molar-refractivity contribution in [1.29, 1.82) is 0 Å². The Labute approximate surface area is 156 Å². The number of hydrogen-bond donors (Lipinski definition) is 1. The summed E-state index contributed by atoms with van der Waals surface area (Å²) in [6.45, 7) is 4.41. The average Bonchev–Trinajstić information content (AvgIpc) is 3.27. The van der Waals surface area contributed by atoms with E-state index >= 15 is 0 Å². The molecule has 4 rings (SSSR count). The summed E-state index contributed by atoms with van der Waals surface area (Å²) in [5.41, 5.74) is 5.56. The molecule has 1 N–H and O–H groups in total. The van der Waals surface area contributed by atoms with E-state index < -0.39 is 0 Å². The lowest BCUT2D eigenvalue weighted by Gasteiger charge is -2.07. The fraction of sp³-hybridized carbons (Fsp3) is 0.200. The van der Waals surface area contributed by atoms with Crippen LogP contribution in [-0.4, -0.2) is 30.3 Å². The molecule has 3 aromatic heterocycles. The molecule has 0 atom stereocenters. The molecule has 0 saturated heterocycles. The van der Waals surface area contributed by atoms with E-state index in [0.717, 1.165) is 11.3 Å². The number of hydrogen-bond acceptors (Lipinski definition) is 4. The van der Waals surface area contributed by atoms with Crippen LogP contribution in [0.3, 0.4) is 0 Å². The molecule has 0 bridgehead atoms. The van der Waals surface area contributed by atoms with Crippen molar-refractivity contribution in [3.8, 4) is 11.3 Å². The van der Waals surface area contributed by atoms with Crippen molar-refractivity contribution in [2.45, 2.75) is 20.4 Å². The normalized spacial score (nSPS) is 11.1. The topological polar surface area (TPSA) is 77.1 Å². The van der Waals surface area contributed by atoms with Crippen LogP contribution >= 0.6 is 0 Å². The van der Waals surface area contributed by atoms with Gasteiger partial charge >= 0.3 is 0 Å². The fourth-order valence-electron chi connectivity index (χ4n) is 2.95. The molecule has 4 aromatic rings. The SMILES string of the molecule is Cc1ccc(-c2ccc3nnc(CNC(=O)c4cccn4C)n3n2)cc1C. The summed E-state index contributed by atoms with van der Waals surface area (Å²) in [5, 5.41) is 15.8. The first-order valence-corrected chi connectivity index (χ1v) is 8.71. The predicted octanol–water partition coefficient (Wildman–Crippen LogP) is 2.68. The van der Waals surface area contributed by atoms with Crippen LogP contribution in [-0.2, 0) is 13.6 Å². The van der Waals surface area contributed by atoms with Crippen LogP contribution in [0.5, 0.6) is 0 Å². The minimum absolute atomic E-state index is 0.162. The highest BCUT2D eigenvalue weighted by molar-refractivity contribution is 5.92. The molecule has 0 aliphatic carbocycles. The lowest BCUT2D eigenvalue weighted by atomic mass is 10.0. The Bertz CT molecular complexity index is 1140. The number of benzene rings is 1. The average molecular weight is 360 g/mol. The molecule has 1 aromatic carbocycles. The highest BCUT2D eigenvalue weighted by atomic mass is 16.1. The van der Waals surface area contributed by atoms with E-state index in [2.05, 4.69) is 52.7 Å². The molecule has 0 unspecified atom stereocenters. The third kappa shape index (κ3) is 3.19. The van der Waals surface area contributed by atoms with E-state index in [-0.39, 0.29) is 12.5 Å². The summed E-state index contributed by atoms with van der Waals surface area (Å²) in [4.78, 5) is 12.3. The maximum atomic E-state index is 12.3. The summed E-state index contributed by atoms with van der Waals surface area (Å²) in [6.07, 6.45) is 1.83. The third-order valence-corrected chi connectivity index (χ3v) is 4.71. The van der Waals surface area contributed by atoms with Crippen molar-refractivity contribution in [3.05, 3.63) is 71.3 Å². The van der Waals surface area contributed by atoms with Gasteiger partial charge in [-0.05, 0) is 55.3 Å². The van der Waals surface area contributed by atoms with Gasteiger partial charge in [0.05, 0.1) is 12.2 Å². The Hall–Kier alpha value is -3.48. The monoisotopic (exact) mass is 360 g/mol. The van der Waals surface area contributed by atoms with Crippen LogP contribution < -0.4 is 5.32 Å². The maximum Gasteiger partial charge on any atom is 0.268 e. The molecule has 1 amide bonds. The smallest absolute Gasteiger partial charge is 0.268 e. The van der Waals surface area contributed by atoms with Crippen molar-refractivity contribution in [2.24, 2.45) is 7.05 Å². The summed E-state index contributed by atoms with van der Waals surface area (Å²) >= 11 is 0. The number of aromatic nitrogens is 5. The van der Waals surface area contributed by atoms with Crippen molar-refractivity contribution in [1.82, 2.24) is 29.7 Å². The van der Waals surface area contributed by atoms with E-state index in [1.807, 2.05) is 31.4 Å². The Morgan fingerprint density at radius 2 is 1.93 bits per heavy atom. The van der Waals surface area contributed by atoms with Crippen LogP contribution in [0.25, 0.3) is 16.9 Å². The van der Waals surface area contributed by atoms with Crippen LogP contribution in [0.15, 0.2) is 48.7 Å². The number of aryl methyl sites for hydroxylation is 3. The number of rotatable bonds is 4. The lowest BCUT2D eigenvalue weighted by molar-refractivity contribution is 0.0941. The second-order valence-corrected chi connectivity index (χ2v) is 6.59. The largest absolute Gasteiger partial charge is 0.347 e. The quantitative estimate of drug-likeness (QED) is 0.607. The number of carbonyl (C=O) groups excluding carboxylic acids is 1. The van der Waals surface area contributed by atoms with Gasteiger partial charge in [0.15, 0.2) is 11.5 Å². The highest BCUT2D eigenvalue weighted by Gasteiger charge is 2.13. The van der Waals surface area contributed by atoms with Gasteiger partial charge in [-0.1, -0.05) is 12.1 Å². The first-order valence-electron chi connectivity index (χ1n) is 8.71. The second kappa shape index (κ2) is 6.68. The first-order chi connectivity index (χ1) is 13.0. The molecule has 0 aliphatic heterocycles. The molecule has 0 aliphatic rings. The number of amides is 1. The zero-order chi connectivity index (χ0) is 19.0. The summed E-state index contributed by atoms with van der Waals surface area (Å²) in [7, 11) is 1.83. The minimum atomic E-state index is -0.162. The van der Waals surface area contributed by atoms with Gasteiger partial charge in [-0.25, -0.2) is 0 Å². The van der Waals surface area contributed by atoms with E-state index in [4.69, 9.17) is 0 Å². The number of nitrogens with one attached hydrogen (secondary N) is 1. The summed E-state index contributed by atoms with van der Waals surface area (Å²) < 4.78 is 3.45. The van der Waals surface area contributed by atoms with Crippen LogP contribution in [0, 0.1) is 13.8 Å². The molecule has 0 saturated carbocycles. The molecule has 3 heterocycles. The van der Waals surface area contributed by atoms with Crippen molar-refractivity contribution >= 4 is 11.6 Å². The Balaban J connectivity index is 1.61. The van der Waals surface area contributed by atoms with Crippen molar-refractivity contribution in [2.75, 3.05) is 0 Å². The van der Waals surface area contributed by atoms with Gasteiger partial charge in [0, 0.05) is 18.8 Å². The Morgan fingerprint density at radius 3 is 2.67 bits per heavy atom. The first kappa shape index (κ1) is 17.0. The van der Waals surface area contributed by atoms with Gasteiger partial charge < -0.3 is 9.88 Å². The van der Waals surface area contributed by atoms with E-state index in [1.165, 1.54) is 11.1 Å². The molecule has 0 spiro atoms. The van der Waals surface area contributed by atoms with Gasteiger partial charge in [-0.15, -0.1) is 10.2 Å². The minimum Gasteiger partial charge on any atom is -0.347 e. The number of carbonyl (C=O) groups is 1. The van der Waals surface area contributed by atoms with Crippen molar-refractivity contribution in [3.63, 3.8) is 0 Å². The van der Waals surface area contributed by atoms with E-state index in [9.17, 15) is 4.79 Å². The maximum absolute atomic E-state index is 12.3. The van der Waals surface area contributed by atoms with Gasteiger partial charge in [0.1, 0.15) is 5.69 Å². The molecule has 7 nitrogen and oxygen atoms in total. The van der Waals surface area contributed by atoms with Gasteiger partial charge in [-0.2, -0.15) is 9.61 Å². The molecular weight excluding hydrogens is 340 g/mol. The highest BCUT2D eigenvalue weighted by Crippen LogP contribution is 2.20. The zero-order valence-corrected chi connectivity index (χ0v) is 15.5. The standard InChI is InChI=1S/C20H20N6O/c1-13-6-7-15(11-14(13)2)16-8-9-18-22-23-19(26(18)24-16)12-21-20(27)17-5-4-10-25(17)3/h4-11H,12H2,1-3H3,(H,21,27). The van der Waals surface area contributed by atoms with E-state index in [1.54, 1.807) is 15.1 Å². The molecule has 136 valence electrons. The number of nitrogens with zero attached hydrogens (tertiary/aromatic N) is 5. The molecule has 7 heteroatoms. The predicted molar refractivity (Wildman–Crippen MR) is 102 cm³/mol. The summed E-state index contributed by atoms with van der Waals surface area (Å²) in [5.74, 6) is 0.419. The van der Waals surface area contributed by atoms with Gasteiger partial charge in [-0.3, -0.25) is 4.79 Å². The Kier molecular flexibility index (Phi) is 4.19. The van der Waals surface area contributed by atoms with Crippen molar-refractivity contribution < 1.29 is 4.79 Å². The molecule has 0 fully saturated rings. The van der Waals surface area contributed by atoms with Gasteiger partial charge in [0.25, 0.3) is 5.91 Å². The van der Waals surface area contributed by atoms with Crippen LogP contribution in [0.4, 0.5) is 0 Å². The van der Waals surface area contributed by atoms with Gasteiger partial charge in [0.2, 0.25) is 0 Å².